The molecule has 1 saturated heterocycles. The van der Waals surface area contributed by atoms with Crippen molar-refractivity contribution in [3.8, 4) is 0 Å². The van der Waals surface area contributed by atoms with Crippen LogP contribution in [-0.4, -0.2) is 36.6 Å². The van der Waals surface area contributed by atoms with Gasteiger partial charge in [-0.25, -0.2) is 0 Å². The zero-order chi connectivity index (χ0) is 21.1. The summed E-state index contributed by atoms with van der Waals surface area (Å²) >= 11 is 3.32. The minimum absolute atomic E-state index is 0.227. The molecule has 4 rings (SSSR count). The Labute approximate surface area is 181 Å². The quantitative estimate of drug-likeness (QED) is 0.513. The Kier molecular flexibility index (Phi) is 5.56. The van der Waals surface area contributed by atoms with Crippen LogP contribution in [0.1, 0.15) is 16.8 Å². The van der Waals surface area contributed by atoms with E-state index in [1.165, 1.54) is 0 Å². The van der Waals surface area contributed by atoms with Crippen molar-refractivity contribution < 1.29 is 19.1 Å². The topological polar surface area (TPSA) is 109 Å². The minimum Gasteiger partial charge on any atom is -0.377 e. The monoisotopic (exact) mass is 470 g/mol. The van der Waals surface area contributed by atoms with Crippen molar-refractivity contribution >= 4 is 50.7 Å². The Morgan fingerprint density at radius 2 is 1.67 bits per heavy atom. The summed E-state index contributed by atoms with van der Waals surface area (Å²) < 4.78 is 6.29. The van der Waals surface area contributed by atoms with Crippen molar-refractivity contribution in [1.82, 2.24) is 5.32 Å². The molecule has 0 aliphatic carbocycles. The molecule has 8 nitrogen and oxygen atoms in total. The zero-order valence-electron chi connectivity index (χ0n) is 15.8. The van der Waals surface area contributed by atoms with Crippen molar-refractivity contribution in [2.45, 2.75) is 12.1 Å². The van der Waals surface area contributed by atoms with E-state index >= 15 is 0 Å². The smallest absolute Gasteiger partial charge is 0.255 e. The molecule has 9 heteroatoms. The number of ether oxygens (including phenoxy) is 1. The van der Waals surface area contributed by atoms with Crippen LogP contribution in [0.3, 0.4) is 0 Å². The molecule has 0 bridgehead atoms. The number of benzene rings is 2. The summed E-state index contributed by atoms with van der Waals surface area (Å²) in [6.07, 6.45) is 2.97. The molecule has 2 aromatic carbocycles. The zero-order valence-corrected chi connectivity index (χ0v) is 17.4. The lowest BCUT2D eigenvalue weighted by atomic mass is 10.0. The van der Waals surface area contributed by atoms with Gasteiger partial charge in [0.1, 0.15) is 5.66 Å². The van der Waals surface area contributed by atoms with Gasteiger partial charge in [-0.05, 0) is 42.5 Å². The fourth-order valence-electron chi connectivity index (χ4n) is 3.31. The number of anilines is 3. The molecule has 2 aromatic rings. The highest BCUT2D eigenvalue weighted by atomic mass is 79.9. The van der Waals surface area contributed by atoms with Crippen LogP contribution in [0, 0.1) is 0 Å². The number of hydrogen-bond donors (Lipinski definition) is 4. The van der Waals surface area contributed by atoms with Crippen LogP contribution in [0.4, 0.5) is 17.1 Å². The van der Waals surface area contributed by atoms with E-state index in [2.05, 4.69) is 37.2 Å². The van der Waals surface area contributed by atoms with E-state index in [1.54, 1.807) is 42.5 Å². The van der Waals surface area contributed by atoms with Crippen LogP contribution >= 0.6 is 15.9 Å². The summed E-state index contributed by atoms with van der Waals surface area (Å²) in [6.45, 7) is 0.988. The first-order valence-electron chi connectivity index (χ1n) is 9.31. The fourth-order valence-corrected chi connectivity index (χ4v) is 3.57. The number of amides is 3. The summed E-state index contributed by atoms with van der Waals surface area (Å²) in [5, 5.41) is 11.6. The van der Waals surface area contributed by atoms with Crippen molar-refractivity contribution in [3.63, 3.8) is 0 Å². The molecular weight excluding hydrogens is 452 g/mol. The van der Waals surface area contributed by atoms with Crippen molar-refractivity contribution in [2.24, 2.45) is 0 Å². The Hall–Kier alpha value is -3.17. The van der Waals surface area contributed by atoms with Gasteiger partial charge in [0.15, 0.2) is 0 Å². The Morgan fingerprint density at radius 1 is 1.00 bits per heavy atom. The molecule has 2 aliphatic rings. The van der Waals surface area contributed by atoms with Crippen LogP contribution in [0.25, 0.3) is 0 Å². The third-order valence-corrected chi connectivity index (χ3v) is 5.31. The third kappa shape index (κ3) is 4.52. The van der Waals surface area contributed by atoms with E-state index in [1.807, 2.05) is 0 Å². The lowest BCUT2D eigenvalue weighted by Gasteiger charge is -2.36. The average Bonchev–Trinajstić information content (AvgIpc) is 3.16. The van der Waals surface area contributed by atoms with Crippen molar-refractivity contribution in [2.75, 3.05) is 29.2 Å². The summed E-state index contributed by atoms with van der Waals surface area (Å²) in [5.74, 6) is -1.13. The average molecular weight is 471 g/mol. The number of halogens is 1. The van der Waals surface area contributed by atoms with Crippen LogP contribution in [-0.2, 0) is 14.3 Å². The second-order valence-corrected chi connectivity index (χ2v) is 7.96. The van der Waals surface area contributed by atoms with E-state index in [0.29, 0.717) is 42.3 Å². The molecule has 0 aromatic heterocycles. The van der Waals surface area contributed by atoms with Crippen LogP contribution in [0.2, 0.25) is 0 Å². The standard InChI is InChI=1S/C21H19BrN4O4/c22-13-1-3-14(4-2-13)23-18(27)7-8-19(28)24-15-5-6-17-16(11-15)20(29)26-21(25-17)9-10-30-12-21/h1-8,11,25H,9-10,12H2,(H,23,27)(H,24,28)(H,26,29)/b8-7+. The highest BCUT2D eigenvalue weighted by Gasteiger charge is 2.40. The van der Waals surface area contributed by atoms with Gasteiger partial charge in [-0.2, -0.15) is 0 Å². The maximum absolute atomic E-state index is 12.5. The Balaban J connectivity index is 1.37. The van der Waals surface area contributed by atoms with E-state index in [-0.39, 0.29) is 5.91 Å². The molecule has 2 aliphatic heterocycles. The van der Waals surface area contributed by atoms with Crippen LogP contribution in [0.15, 0.2) is 59.1 Å². The molecule has 30 heavy (non-hydrogen) atoms. The maximum Gasteiger partial charge on any atom is 0.255 e. The van der Waals surface area contributed by atoms with E-state index in [4.69, 9.17) is 4.74 Å². The van der Waals surface area contributed by atoms with E-state index in [9.17, 15) is 14.4 Å². The van der Waals surface area contributed by atoms with E-state index < -0.39 is 17.5 Å². The normalized spacial score (nSPS) is 19.8. The van der Waals surface area contributed by atoms with Crippen LogP contribution < -0.4 is 21.3 Å². The van der Waals surface area contributed by atoms with Crippen LogP contribution in [0.5, 0.6) is 0 Å². The summed E-state index contributed by atoms with van der Waals surface area (Å²) in [7, 11) is 0. The molecule has 0 radical (unpaired) electrons. The molecule has 3 amide bonds. The highest BCUT2D eigenvalue weighted by Crippen LogP contribution is 2.31. The molecular formula is C21H19BrN4O4. The van der Waals surface area contributed by atoms with E-state index in [0.717, 1.165) is 16.6 Å². The molecule has 154 valence electrons. The Bertz CT molecular complexity index is 1030. The second-order valence-electron chi connectivity index (χ2n) is 7.04. The number of rotatable bonds is 4. The number of nitrogens with one attached hydrogen (secondary N) is 4. The molecule has 2 heterocycles. The van der Waals surface area contributed by atoms with Gasteiger partial charge in [-0.15, -0.1) is 0 Å². The van der Waals surface area contributed by atoms with Gasteiger partial charge in [0.25, 0.3) is 5.91 Å². The van der Waals surface area contributed by atoms with Gasteiger partial charge in [0, 0.05) is 40.1 Å². The maximum atomic E-state index is 12.5. The number of hydrogen-bond acceptors (Lipinski definition) is 5. The molecule has 0 saturated carbocycles. The predicted molar refractivity (Wildman–Crippen MR) is 116 cm³/mol. The first kappa shape index (κ1) is 20.1. The third-order valence-electron chi connectivity index (χ3n) is 4.78. The first-order chi connectivity index (χ1) is 14.4. The SMILES string of the molecule is O=C(/C=C/C(=O)Nc1ccc2c(c1)C(=O)NC1(CCOC1)N2)Nc1ccc(Br)cc1. The fraction of sp³-hybridized carbons (Fsp3) is 0.190. The minimum atomic E-state index is -0.570. The largest absolute Gasteiger partial charge is 0.377 e. The Morgan fingerprint density at radius 3 is 2.33 bits per heavy atom. The van der Waals surface area contributed by atoms with Gasteiger partial charge in [-0.3, -0.25) is 14.4 Å². The van der Waals surface area contributed by atoms with Gasteiger partial charge in [-0.1, -0.05) is 15.9 Å². The molecule has 1 spiro atoms. The van der Waals surface area contributed by atoms with Gasteiger partial charge < -0.3 is 26.0 Å². The van der Waals surface area contributed by atoms with Crippen molar-refractivity contribution in [1.29, 1.82) is 0 Å². The lowest BCUT2D eigenvalue weighted by Crippen LogP contribution is -2.58. The summed E-state index contributed by atoms with van der Waals surface area (Å²) in [5.41, 5.74) is 1.62. The van der Waals surface area contributed by atoms with Gasteiger partial charge in [0.2, 0.25) is 11.8 Å². The predicted octanol–water partition coefficient (Wildman–Crippen LogP) is 2.85. The molecule has 1 atom stereocenters. The number of fused-ring (bicyclic) bond motifs is 1. The molecule has 1 unspecified atom stereocenters. The first-order valence-corrected chi connectivity index (χ1v) is 10.1. The van der Waals surface area contributed by atoms with Crippen molar-refractivity contribution in [3.05, 3.63) is 64.7 Å². The number of carbonyl (C=O) groups is 3. The van der Waals surface area contributed by atoms with Gasteiger partial charge in [0.05, 0.1) is 18.8 Å². The lowest BCUT2D eigenvalue weighted by molar-refractivity contribution is -0.114. The van der Waals surface area contributed by atoms with Gasteiger partial charge >= 0.3 is 0 Å². The highest BCUT2D eigenvalue weighted by molar-refractivity contribution is 9.10. The number of carbonyl (C=O) groups excluding carboxylic acids is 3. The molecule has 1 fully saturated rings. The molecule has 4 N–H and O–H groups in total. The summed E-state index contributed by atoms with van der Waals surface area (Å²) in [4.78, 5) is 36.6. The second kappa shape index (κ2) is 8.29. The summed E-state index contributed by atoms with van der Waals surface area (Å²) in [6, 6.07) is 12.1.